The number of aromatic nitrogens is 1. The van der Waals surface area contributed by atoms with Gasteiger partial charge in [0.05, 0.1) is 85.0 Å². The number of hydrogen-bond donors (Lipinski definition) is 12. The molecule has 12 atom stereocenters. The van der Waals surface area contributed by atoms with Crippen molar-refractivity contribution in [1.29, 1.82) is 0 Å². The number of anilines is 6. The smallest absolute Gasteiger partial charge is 0.0854 e. The van der Waals surface area contributed by atoms with Crippen molar-refractivity contribution in [2.75, 3.05) is 69.4 Å². The summed E-state index contributed by atoms with van der Waals surface area (Å²) >= 11 is 0. The van der Waals surface area contributed by atoms with Crippen LogP contribution in [0, 0.1) is 0 Å². The van der Waals surface area contributed by atoms with E-state index in [1.165, 1.54) is 55.9 Å². The summed E-state index contributed by atoms with van der Waals surface area (Å²) in [5, 5.41) is 51.0. The van der Waals surface area contributed by atoms with Crippen molar-refractivity contribution in [3.63, 3.8) is 0 Å². The van der Waals surface area contributed by atoms with Gasteiger partial charge in [-0.3, -0.25) is 63.8 Å². The van der Waals surface area contributed by atoms with Gasteiger partial charge in [0.25, 0.3) is 0 Å². The largest absolute Gasteiger partial charge is 0.340 e. The summed E-state index contributed by atoms with van der Waals surface area (Å²) in [6, 6.07) is 82.4. The van der Waals surface area contributed by atoms with Gasteiger partial charge in [-0.05, 0) is 97.1 Å². The number of para-hydroxylation sites is 7. The molecule has 12 N–H and O–H groups in total. The molecule has 0 radical (unpaired) electrons. The van der Waals surface area contributed by atoms with Crippen molar-refractivity contribution in [1.82, 2.24) is 68.4 Å². The lowest BCUT2D eigenvalue weighted by molar-refractivity contribution is 0.188. The molecule has 12 unspecified atom stereocenters. The molecular formula is C72H85N19. The maximum atomic E-state index is 4.10. The van der Waals surface area contributed by atoms with Crippen LogP contribution in [0.15, 0.2) is 224 Å². The van der Waals surface area contributed by atoms with Gasteiger partial charge in [-0.25, -0.2) is 0 Å². The molecule has 91 heavy (non-hydrogen) atoms. The summed E-state index contributed by atoms with van der Waals surface area (Å²) in [7, 11) is 0. The summed E-state index contributed by atoms with van der Waals surface area (Å²) in [6.45, 7) is 3.77. The number of nitrogens with one attached hydrogen (secondary N) is 12. The molecule has 7 fully saturated rings. The molecule has 9 aromatic rings. The van der Waals surface area contributed by atoms with E-state index >= 15 is 0 Å². The average Bonchev–Trinajstić information content (AvgIpc) is 2.32. The van der Waals surface area contributed by atoms with Crippen LogP contribution in [0.25, 0.3) is 27.5 Å². The van der Waals surface area contributed by atoms with Crippen molar-refractivity contribution < 1.29 is 0 Å². The third kappa shape index (κ3) is 11.6. The first kappa shape index (κ1) is 58.0. The van der Waals surface area contributed by atoms with Gasteiger partial charge in [0.1, 0.15) is 0 Å². The Morgan fingerprint density at radius 1 is 0.198 bits per heavy atom. The second-order valence-corrected chi connectivity index (χ2v) is 25.1. The molecule has 7 aliphatic heterocycles. The van der Waals surface area contributed by atoms with Crippen molar-refractivity contribution in [2.24, 2.45) is 0 Å². The van der Waals surface area contributed by atoms with Crippen LogP contribution in [-0.4, -0.2) is 119 Å². The molecular weight excluding hydrogens is 1130 g/mol. The standard InChI is InChI=1S/C72H85N19/c1-7-21-50(22-8-1)85-59-34-20-19-33-57(59)58-37-56(35-36-60(58)85)91-71-42-69(81-48-83-71)89(54-29-15-5-16-30-54)67-40-65(77-46-79-67)87(52-25-11-3-12-26-52)63-38-61(73-44-75-63)86(51-23-9-2-10-24-51)62-39-64(76-45-74-62)88(53-27-13-4-14-28-53)66-41-68(80-47-78-66)90(55-31-17-6-18-32-55)70-43-72(91)84-49-82-70/h1-37,61-84H,38-49H2. The van der Waals surface area contributed by atoms with E-state index in [0.717, 1.165) is 44.2 Å². The molecule has 7 aliphatic rings. The van der Waals surface area contributed by atoms with Crippen LogP contribution in [-0.2, 0) is 0 Å². The fraction of sp³-hybridized carbons (Fsp3) is 0.333. The van der Waals surface area contributed by atoms with Gasteiger partial charge in [0, 0.05) is 129 Å². The highest BCUT2D eigenvalue weighted by Crippen LogP contribution is 2.39. The Bertz CT molecular complexity index is 3660. The van der Waals surface area contributed by atoms with Gasteiger partial charge in [0.15, 0.2) is 0 Å². The molecule has 0 saturated carbocycles. The van der Waals surface area contributed by atoms with Crippen LogP contribution < -0.4 is 93.2 Å². The molecule has 8 heterocycles. The first-order valence-electron chi connectivity index (χ1n) is 33.0. The molecule has 19 nitrogen and oxygen atoms in total. The number of nitrogens with zero attached hydrogens (tertiary/aromatic N) is 7. The molecule has 8 aromatic carbocycles. The summed E-state index contributed by atoms with van der Waals surface area (Å²) < 4.78 is 2.42. The number of fused-ring (bicyclic) bond motifs is 15. The summed E-state index contributed by atoms with van der Waals surface area (Å²) in [4.78, 5) is 15.9. The van der Waals surface area contributed by atoms with Crippen molar-refractivity contribution in [2.45, 2.75) is 113 Å². The van der Waals surface area contributed by atoms with Gasteiger partial charge < -0.3 is 34.0 Å². The minimum Gasteiger partial charge on any atom is -0.340 e. The Labute approximate surface area is 533 Å². The van der Waals surface area contributed by atoms with Gasteiger partial charge in [-0.15, -0.1) is 0 Å². The lowest BCUT2D eigenvalue weighted by Crippen LogP contribution is -2.74. The van der Waals surface area contributed by atoms with Crippen LogP contribution in [0.4, 0.5) is 34.1 Å². The fourth-order valence-corrected chi connectivity index (χ4v) is 16.0. The number of benzene rings is 8. The normalized spacial score (nSPS) is 28.6. The zero-order chi connectivity index (χ0) is 60.5. The van der Waals surface area contributed by atoms with Crippen LogP contribution in [0.2, 0.25) is 0 Å². The number of rotatable bonds is 7. The molecule has 1 aromatic heterocycles. The predicted molar refractivity (Wildman–Crippen MR) is 368 cm³/mol. The maximum absolute atomic E-state index is 4.10. The molecule has 7 saturated heterocycles. The van der Waals surface area contributed by atoms with E-state index in [0.29, 0.717) is 40.0 Å². The molecule has 16 rings (SSSR count). The summed E-state index contributed by atoms with van der Waals surface area (Å²) in [6.07, 6.45) is 4.24. The molecule has 0 amide bonds. The van der Waals surface area contributed by atoms with E-state index in [4.69, 9.17) is 0 Å². The summed E-state index contributed by atoms with van der Waals surface area (Å²) in [5.74, 6) is 0. The minimum absolute atomic E-state index is 0.0191. The highest BCUT2D eigenvalue weighted by Gasteiger charge is 2.45. The van der Waals surface area contributed by atoms with E-state index < -0.39 is 0 Å². The van der Waals surface area contributed by atoms with Crippen molar-refractivity contribution in [3.05, 3.63) is 224 Å². The van der Waals surface area contributed by atoms with Crippen molar-refractivity contribution >= 4 is 55.9 Å². The SMILES string of the molecule is c1ccc(N2C3CC(NCN3)N(c3ccccc3)C3CC(NCN3)N(c3ccccc3)C3CC(NCN3)N(c3ccc4c(c3)c3ccccc3n4-c3ccccc3)C3CC(NCN3)N(c3ccccc3)C3CC(NCN3)N(c3ccccc3)C3CC2NCN3)cc1. The second kappa shape index (κ2) is 26.2. The Morgan fingerprint density at radius 2 is 0.418 bits per heavy atom. The van der Waals surface area contributed by atoms with E-state index in [-0.39, 0.29) is 74.0 Å². The van der Waals surface area contributed by atoms with E-state index in [1.54, 1.807) is 0 Å². The van der Waals surface area contributed by atoms with E-state index in [9.17, 15) is 0 Å². The Kier molecular flexibility index (Phi) is 16.7. The van der Waals surface area contributed by atoms with Crippen LogP contribution >= 0.6 is 0 Å². The van der Waals surface area contributed by atoms with Gasteiger partial charge in [-0.1, -0.05) is 127 Å². The molecule has 0 aliphatic carbocycles. The molecule has 19 heteroatoms. The Hall–Kier alpha value is -8.12. The Morgan fingerprint density at radius 3 is 0.692 bits per heavy atom. The zero-order valence-corrected chi connectivity index (χ0v) is 51.4. The summed E-state index contributed by atoms with van der Waals surface area (Å²) in [5.41, 5.74) is 10.6. The topological polar surface area (TPSA) is 169 Å². The van der Waals surface area contributed by atoms with E-state index in [1.807, 2.05) is 0 Å². The lowest BCUT2D eigenvalue weighted by atomic mass is 10.0. The molecule has 0 spiro atoms. The highest BCUT2D eigenvalue weighted by atomic mass is 15.5. The molecule has 468 valence electrons. The monoisotopic (exact) mass is 1220 g/mol. The number of hydrogen-bond acceptors (Lipinski definition) is 18. The zero-order valence-electron chi connectivity index (χ0n) is 51.4. The predicted octanol–water partition coefficient (Wildman–Crippen LogP) is 7.29. The van der Waals surface area contributed by atoms with Crippen LogP contribution in [0.1, 0.15) is 38.5 Å². The Balaban J connectivity index is 0.839. The van der Waals surface area contributed by atoms with E-state index in [2.05, 4.69) is 322 Å². The second-order valence-electron chi connectivity index (χ2n) is 25.1. The van der Waals surface area contributed by atoms with Gasteiger partial charge >= 0.3 is 0 Å². The minimum atomic E-state index is -0.0896. The van der Waals surface area contributed by atoms with Crippen LogP contribution in [0.3, 0.4) is 0 Å². The van der Waals surface area contributed by atoms with Crippen LogP contribution in [0.5, 0.6) is 0 Å². The van der Waals surface area contributed by atoms with Crippen molar-refractivity contribution in [3.8, 4) is 5.69 Å². The van der Waals surface area contributed by atoms with Gasteiger partial charge in [0.2, 0.25) is 0 Å². The first-order valence-corrected chi connectivity index (χ1v) is 33.0. The quantitative estimate of drug-likeness (QED) is 0.0768. The maximum Gasteiger partial charge on any atom is 0.0854 e. The third-order valence-corrected chi connectivity index (χ3v) is 20.0. The van der Waals surface area contributed by atoms with Gasteiger partial charge in [-0.2, -0.15) is 0 Å². The average molecular weight is 1220 g/mol. The third-order valence-electron chi connectivity index (χ3n) is 20.0. The fourth-order valence-electron chi connectivity index (χ4n) is 16.0. The molecule has 12 bridgehead atoms. The lowest BCUT2D eigenvalue weighted by Gasteiger charge is -2.54. The first-order chi connectivity index (χ1) is 45.1. The highest BCUT2D eigenvalue weighted by molar-refractivity contribution is 6.10.